The first-order valence-electron chi connectivity index (χ1n) is 5.86. The standard InChI is InChI=1S/C11H15FN4O2S/c1-2-14-19(17,18)6-5-13-11-15-9-4-3-8(12)7-10(9)16-11/h3-4,7,14H,2,5-6H2,1H3,(H2,13,15,16). The fourth-order valence-corrected chi connectivity index (χ4v) is 2.62. The van der Waals surface area contributed by atoms with Gasteiger partial charge in [-0.15, -0.1) is 0 Å². The number of hydrogen-bond donors (Lipinski definition) is 3. The monoisotopic (exact) mass is 286 g/mol. The van der Waals surface area contributed by atoms with E-state index in [1.807, 2.05) is 0 Å². The summed E-state index contributed by atoms with van der Waals surface area (Å²) in [6, 6.07) is 4.22. The van der Waals surface area contributed by atoms with Gasteiger partial charge in [0.1, 0.15) is 5.82 Å². The zero-order valence-corrected chi connectivity index (χ0v) is 11.2. The van der Waals surface area contributed by atoms with Crippen LogP contribution in [0.5, 0.6) is 0 Å². The highest BCUT2D eigenvalue weighted by molar-refractivity contribution is 7.89. The third-order valence-electron chi connectivity index (χ3n) is 2.47. The minimum absolute atomic E-state index is 0.0494. The van der Waals surface area contributed by atoms with Crippen LogP contribution < -0.4 is 10.0 Å². The van der Waals surface area contributed by atoms with E-state index in [0.717, 1.165) is 0 Å². The Balaban J connectivity index is 1.99. The van der Waals surface area contributed by atoms with Gasteiger partial charge in [0, 0.05) is 13.1 Å². The van der Waals surface area contributed by atoms with E-state index in [2.05, 4.69) is 20.0 Å². The van der Waals surface area contributed by atoms with Gasteiger partial charge in [-0.3, -0.25) is 0 Å². The van der Waals surface area contributed by atoms with E-state index in [1.165, 1.54) is 12.1 Å². The maximum atomic E-state index is 13.0. The Labute approximate surface area is 110 Å². The topological polar surface area (TPSA) is 86.9 Å². The number of H-pyrrole nitrogens is 1. The van der Waals surface area contributed by atoms with Crippen LogP contribution in [0, 0.1) is 5.82 Å². The molecule has 0 saturated carbocycles. The summed E-state index contributed by atoms with van der Waals surface area (Å²) >= 11 is 0. The predicted octanol–water partition coefficient (Wildman–Crippen LogP) is 1.05. The first-order valence-corrected chi connectivity index (χ1v) is 7.52. The van der Waals surface area contributed by atoms with Crippen LogP contribution in [0.15, 0.2) is 18.2 Å². The van der Waals surface area contributed by atoms with E-state index in [9.17, 15) is 12.8 Å². The number of sulfonamides is 1. The quantitative estimate of drug-likeness (QED) is 0.741. The Hall–Kier alpha value is -1.67. The molecule has 3 N–H and O–H groups in total. The van der Waals surface area contributed by atoms with Crippen LogP contribution in [0.1, 0.15) is 6.92 Å². The maximum absolute atomic E-state index is 13.0. The lowest BCUT2D eigenvalue weighted by Crippen LogP contribution is -2.29. The maximum Gasteiger partial charge on any atom is 0.213 e. The number of anilines is 1. The average molecular weight is 286 g/mol. The van der Waals surface area contributed by atoms with Gasteiger partial charge in [-0.25, -0.2) is 22.5 Å². The zero-order chi connectivity index (χ0) is 13.9. The molecule has 0 amide bonds. The normalized spacial score (nSPS) is 11.9. The summed E-state index contributed by atoms with van der Waals surface area (Å²) < 4.78 is 38.2. The third kappa shape index (κ3) is 3.65. The molecule has 0 aliphatic heterocycles. The van der Waals surface area contributed by atoms with E-state index in [0.29, 0.717) is 23.5 Å². The van der Waals surface area contributed by atoms with Crippen molar-refractivity contribution in [3.05, 3.63) is 24.0 Å². The van der Waals surface area contributed by atoms with Crippen LogP contribution in [-0.4, -0.2) is 37.2 Å². The van der Waals surface area contributed by atoms with Gasteiger partial charge in [-0.2, -0.15) is 0 Å². The molecule has 0 saturated heterocycles. The Morgan fingerprint density at radius 2 is 2.21 bits per heavy atom. The number of benzene rings is 1. The summed E-state index contributed by atoms with van der Waals surface area (Å²) in [6.45, 7) is 2.31. The molecular weight excluding hydrogens is 271 g/mol. The molecule has 0 bridgehead atoms. The Bertz CT molecular complexity index is 668. The number of rotatable bonds is 6. The molecule has 0 aliphatic rings. The lowest BCUT2D eigenvalue weighted by molar-refractivity contribution is 0.584. The largest absolute Gasteiger partial charge is 0.355 e. The van der Waals surface area contributed by atoms with Gasteiger partial charge < -0.3 is 10.3 Å². The fourth-order valence-electron chi connectivity index (χ4n) is 1.66. The SMILES string of the molecule is CCNS(=O)(=O)CCNc1nc2ccc(F)cc2[nH]1. The molecule has 8 heteroatoms. The summed E-state index contributed by atoms with van der Waals surface area (Å²) in [6.07, 6.45) is 0. The summed E-state index contributed by atoms with van der Waals surface area (Å²) in [5.74, 6) is 0.0245. The van der Waals surface area contributed by atoms with Crippen molar-refractivity contribution in [1.82, 2.24) is 14.7 Å². The number of fused-ring (bicyclic) bond motifs is 1. The number of aromatic amines is 1. The van der Waals surface area contributed by atoms with Crippen molar-refractivity contribution >= 4 is 27.0 Å². The van der Waals surface area contributed by atoms with Gasteiger partial charge in [0.2, 0.25) is 16.0 Å². The molecule has 0 atom stereocenters. The lowest BCUT2D eigenvalue weighted by atomic mass is 10.3. The molecule has 0 spiro atoms. The highest BCUT2D eigenvalue weighted by Gasteiger charge is 2.09. The van der Waals surface area contributed by atoms with E-state index in [1.54, 1.807) is 13.0 Å². The molecule has 2 rings (SSSR count). The summed E-state index contributed by atoms with van der Waals surface area (Å²) in [7, 11) is -3.25. The van der Waals surface area contributed by atoms with E-state index in [-0.39, 0.29) is 18.1 Å². The van der Waals surface area contributed by atoms with Crippen molar-refractivity contribution < 1.29 is 12.8 Å². The summed E-state index contributed by atoms with van der Waals surface area (Å²) in [4.78, 5) is 7.05. The van der Waals surface area contributed by atoms with Crippen LogP contribution >= 0.6 is 0 Å². The van der Waals surface area contributed by atoms with Gasteiger partial charge in [-0.1, -0.05) is 6.92 Å². The van der Waals surface area contributed by atoms with Crippen LogP contribution in [0.25, 0.3) is 11.0 Å². The van der Waals surface area contributed by atoms with Crippen molar-refractivity contribution in [2.45, 2.75) is 6.92 Å². The van der Waals surface area contributed by atoms with Crippen LogP contribution in [0.2, 0.25) is 0 Å². The van der Waals surface area contributed by atoms with Crippen molar-refractivity contribution in [2.24, 2.45) is 0 Å². The first kappa shape index (κ1) is 13.8. The van der Waals surface area contributed by atoms with Gasteiger partial charge in [0.05, 0.1) is 16.8 Å². The second-order valence-electron chi connectivity index (χ2n) is 3.99. The van der Waals surface area contributed by atoms with Crippen molar-refractivity contribution in [3.63, 3.8) is 0 Å². The highest BCUT2D eigenvalue weighted by atomic mass is 32.2. The Morgan fingerprint density at radius 1 is 1.42 bits per heavy atom. The molecule has 0 fully saturated rings. The second-order valence-corrected chi connectivity index (χ2v) is 5.92. The van der Waals surface area contributed by atoms with Gasteiger partial charge >= 0.3 is 0 Å². The smallest absolute Gasteiger partial charge is 0.213 e. The molecule has 1 aromatic heterocycles. The van der Waals surface area contributed by atoms with Gasteiger partial charge in [-0.05, 0) is 18.2 Å². The van der Waals surface area contributed by atoms with Gasteiger partial charge in [0.25, 0.3) is 0 Å². The average Bonchev–Trinajstić information content (AvgIpc) is 2.70. The van der Waals surface area contributed by atoms with Crippen molar-refractivity contribution in [2.75, 3.05) is 24.2 Å². The van der Waals surface area contributed by atoms with E-state index in [4.69, 9.17) is 0 Å². The molecule has 1 heterocycles. The highest BCUT2D eigenvalue weighted by Crippen LogP contribution is 2.15. The Morgan fingerprint density at radius 3 is 2.95 bits per heavy atom. The fraction of sp³-hybridized carbons (Fsp3) is 0.364. The number of hydrogen-bond acceptors (Lipinski definition) is 4. The number of imidazole rings is 1. The molecule has 1 aromatic carbocycles. The first-order chi connectivity index (χ1) is 9.00. The molecule has 2 aromatic rings. The second kappa shape index (κ2) is 5.54. The molecular formula is C11H15FN4O2S. The van der Waals surface area contributed by atoms with Crippen molar-refractivity contribution in [3.8, 4) is 0 Å². The molecule has 0 unspecified atom stereocenters. The number of nitrogens with zero attached hydrogens (tertiary/aromatic N) is 1. The molecule has 6 nitrogen and oxygen atoms in total. The predicted molar refractivity (Wildman–Crippen MR) is 72.0 cm³/mol. The van der Waals surface area contributed by atoms with Crippen molar-refractivity contribution in [1.29, 1.82) is 0 Å². The molecule has 0 aliphatic carbocycles. The summed E-state index contributed by atoms with van der Waals surface area (Å²) in [5.41, 5.74) is 1.19. The zero-order valence-electron chi connectivity index (χ0n) is 10.4. The van der Waals surface area contributed by atoms with Crippen LogP contribution in [-0.2, 0) is 10.0 Å². The summed E-state index contributed by atoms with van der Waals surface area (Å²) in [5, 5.41) is 2.86. The minimum atomic E-state index is -3.25. The minimum Gasteiger partial charge on any atom is -0.355 e. The van der Waals surface area contributed by atoms with E-state index >= 15 is 0 Å². The van der Waals surface area contributed by atoms with E-state index < -0.39 is 10.0 Å². The van der Waals surface area contributed by atoms with Crippen LogP contribution in [0.3, 0.4) is 0 Å². The molecule has 104 valence electrons. The Kier molecular flexibility index (Phi) is 4.01. The number of nitrogens with one attached hydrogen (secondary N) is 3. The lowest BCUT2D eigenvalue weighted by Gasteiger charge is -2.04. The third-order valence-corrected chi connectivity index (χ3v) is 3.94. The van der Waals surface area contributed by atoms with Gasteiger partial charge in [0.15, 0.2) is 0 Å². The molecule has 19 heavy (non-hydrogen) atoms. The number of aromatic nitrogens is 2. The van der Waals surface area contributed by atoms with Crippen LogP contribution in [0.4, 0.5) is 10.3 Å². The molecule has 0 radical (unpaired) electrons. The number of halogens is 1.